The van der Waals surface area contributed by atoms with Crippen molar-refractivity contribution in [3.05, 3.63) is 35.4 Å². The molecule has 1 saturated carbocycles. The van der Waals surface area contributed by atoms with Crippen molar-refractivity contribution in [1.82, 2.24) is 0 Å². The summed E-state index contributed by atoms with van der Waals surface area (Å²) in [5, 5.41) is 8.95. The van der Waals surface area contributed by atoms with Crippen LogP contribution < -0.4 is 0 Å². The first-order chi connectivity index (χ1) is 7.27. The summed E-state index contributed by atoms with van der Waals surface area (Å²) in [6, 6.07) is 6.99. The van der Waals surface area contributed by atoms with Gasteiger partial charge in [-0.05, 0) is 30.9 Å². The average Bonchev–Trinajstić information content (AvgIpc) is 2.16. The third-order valence-electron chi connectivity index (χ3n) is 2.77. The summed E-state index contributed by atoms with van der Waals surface area (Å²) >= 11 is 0. The fourth-order valence-electron chi connectivity index (χ4n) is 1.60. The predicted molar refractivity (Wildman–Crippen MR) is 55.8 cm³/mol. The molecule has 0 bridgehead atoms. The van der Waals surface area contributed by atoms with Crippen molar-refractivity contribution in [3.63, 3.8) is 0 Å². The first-order valence-corrected chi connectivity index (χ1v) is 5.20. The molecule has 0 saturated heterocycles. The third kappa shape index (κ3) is 2.36. The molecule has 15 heavy (non-hydrogen) atoms. The molecule has 0 unspecified atom stereocenters. The van der Waals surface area contributed by atoms with E-state index in [-0.39, 0.29) is 0 Å². The summed E-state index contributed by atoms with van der Waals surface area (Å²) in [6.07, 6.45) is 3.78. The van der Waals surface area contributed by atoms with Crippen LogP contribution in [-0.2, 0) is 11.3 Å². The molecule has 1 aliphatic rings. The van der Waals surface area contributed by atoms with Gasteiger partial charge < -0.3 is 9.84 Å². The van der Waals surface area contributed by atoms with Gasteiger partial charge >= 0.3 is 5.97 Å². The summed E-state index contributed by atoms with van der Waals surface area (Å²) < 4.78 is 5.59. The lowest BCUT2D eigenvalue weighted by Crippen LogP contribution is -2.21. The van der Waals surface area contributed by atoms with Crippen LogP contribution in [-0.4, -0.2) is 17.2 Å². The molecule has 0 radical (unpaired) electrons. The SMILES string of the molecule is O=C(O)c1ccccc1COC1CCC1. The first-order valence-electron chi connectivity index (χ1n) is 5.20. The van der Waals surface area contributed by atoms with Crippen molar-refractivity contribution in [2.75, 3.05) is 0 Å². The molecule has 1 N–H and O–H groups in total. The lowest BCUT2D eigenvalue weighted by atomic mass is 9.96. The zero-order valence-corrected chi connectivity index (χ0v) is 8.48. The van der Waals surface area contributed by atoms with E-state index in [9.17, 15) is 4.79 Å². The Kier molecular flexibility index (Phi) is 3.02. The number of carboxylic acid groups (broad SMARTS) is 1. The van der Waals surface area contributed by atoms with E-state index in [2.05, 4.69) is 0 Å². The van der Waals surface area contributed by atoms with E-state index in [4.69, 9.17) is 9.84 Å². The Hall–Kier alpha value is -1.35. The van der Waals surface area contributed by atoms with Gasteiger partial charge in [-0.15, -0.1) is 0 Å². The van der Waals surface area contributed by atoms with Crippen molar-refractivity contribution in [3.8, 4) is 0 Å². The van der Waals surface area contributed by atoms with Crippen LogP contribution in [0.1, 0.15) is 35.2 Å². The van der Waals surface area contributed by atoms with E-state index in [0.717, 1.165) is 18.4 Å². The van der Waals surface area contributed by atoms with Crippen LogP contribution >= 0.6 is 0 Å². The topological polar surface area (TPSA) is 46.5 Å². The normalized spacial score (nSPS) is 16.0. The van der Waals surface area contributed by atoms with Crippen molar-refractivity contribution in [1.29, 1.82) is 0 Å². The minimum atomic E-state index is -0.886. The van der Waals surface area contributed by atoms with Gasteiger partial charge in [0.2, 0.25) is 0 Å². The zero-order valence-electron chi connectivity index (χ0n) is 8.48. The van der Waals surface area contributed by atoms with E-state index < -0.39 is 5.97 Å². The van der Waals surface area contributed by atoms with Crippen molar-refractivity contribution < 1.29 is 14.6 Å². The number of carbonyl (C=O) groups is 1. The number of aromatic carboxylic acids is 1. The molecule has 0 aliphatic heterocycles. The zero-order chi connectivity index (χ0) is 10.7. The van der Waals surface area contributed by atoms with Gasteiger partial charge in [-0.3, -0.25) is 0 Å². The second-order valence-electron chi connectivity index (χ2n) is 3.83. The van der Waals surface area contributed by atoms with Gasteiger partial charge in [-0.25, -0.2) is 4.79 Å². The first kappa shape index (κ1) is 10.2. The van der Waals surface area contributed by atoms with E-state index in [1.807, 2.05) is 12.1 Å². The highest BCUT2D eigenvalue weighted by Crippen LogP contribution is 2.23. The molecule has 3 nitrogen and oxygen atoms in total. The van der Waals surface area contributed by atoms with Crippen molar-refractivity contribution in [2.24, 2.45) is 0 Å². The number of benzene rings is 1. The number of carboxylic acids is 1. The molecule has 0 atom stereocenters. The molecule has 1 fully saturated rings. The maximum absolute atomic E-state index is 10.9. The summed E-state index contributed by atoms with van der Waals surface area (Å²) in [7, 11) is 0. The Morgan fingerprint density at radius 2 is 2.13 bits per heavy atom. The second-order valence-corrected chi connectivity index (χ2v) is 3.83. The fourth-order valence-corrected chi connectivity index (χ4v) is 1.60. The molecular formula is C12H14O3. The molecule has 80 valence electrons. The minimum Gasteiger partial charge on any atom is -0.478 e. The summed E-state index contributed by atoms with van der Waals surface area (Å²) in [5.74, 6) is -0.886. The predicted octanol–water partition coefficient (Wildman–Crippen LogP) is 2.45. The van der Waals surface area contributed by atoms with Crippen LogP contribution in [0, 0.1) is 0 Å². The largest absolute Gasteiger partial charge is 0.478 e. The highest BCUT2D eigenvalue weighted by molar-refractivity contribution is 5.89. The Morgan fingerprint density at radius 1 is 1.40 bits per heavy atom. The summed E-state index contributed by atoms with van der Waals surface area (Å²) in [6.45, 7) is 0.410. The van der Waals surface area contributed by atoms with E-state index >= 15 is 0 Å². The fraction of sp³-hybridized carbons (Fsp3) is 0.417. The van der Waals surface area contributed by atoms with Gasteiger partial charge in [0.05, 0.1) is 18.3 Å². The maximum atomic E-state index is 10.9. The summed E-state index contributed by atoms with van der Waals surface area (Å²) in [5.41, 5.74) is 1.11. The van der Waals surface area contributed by atoms with Crippen LogP contribution in [0.15, 0.2) is 24.3 Å². The Balaban J connectivity index is 2.02. The van der Waals surface area contributed by atoms with Crippen molar-refractivity contribution in [2.45, 2.75) is 32.0 Å². The molecule has 0 amide bonds. The molecule has 3 heteroatoms. The lowest BCUT2D eigenvalue weighted by Gasteiger charge is -2.25. The molecule has 2 rings (SSSR count). The van der Waals surface area contributed by atoms with Gasteiger partial charge in [0.1, 0.15) is 0 Å². The molecule has 0 aromatic heterocycles. The van der Waals surface area contributed by atoms with Crippen LogP contribution in [0.3, 0.4) is 0 Å². The third-order valence-corrected chi connectivity index (χ3v) is 2.77. The quantitative estimate of drug-likeness (QED) is 0.823. The summed E-state index contributed by atoms with van der Waals surface area (Å²) in [4.78, 5) is 10.9. The standard InChI is InChI=1S/C12H14O3/c13-12(14)11-7-2-1-4-9(11)8-15-10-5-3-6-10/h1-2,4,7,10H,3,5-6,8H2,(H,13,14). The van der Waals surface area contributed by atoms with Gasteiger partial charge in [-0.2, -0.15) is 0 Å². The van der Waals surface area contributed by atoms with E-state index in [0.29, 0.717) is 18.3 Å². The molecule has 0 heterocycles. The molecule has 1 aromatic carbocycles. The van der Waals surface area contributed by atoms with Crippen LogP contribution in [0.2, 0.25) is 0 Å². The highest BCUT2D eigenvalue weighted by Gasteiger charge is 2.18. The number of rotatable bonds is 4. The Labute approximate surface area is 88.7 Å². The molecule has 1 aromatic rings. The minimum absolute atomic E-state index is 0.340. The van der Waals surface area contributed by atoms with E-state index in [1.54, 1.807) is 12.1 Å². The maximum Gasteiger partial charge on any atom is 0.336 e. The van der Waals surface area contributed by atoms with Crippen molar-refractivity contribution >= 4 is 5.97 Å². The second kappa shape index (κ2) is 4.45. The van der Waals surface area contributed by atoms with Crippen LogP contribution in [0.4, 0.5) is 0 Å². The monoisotopic (exact) mass is 206 g/mol. The molecule has 0 spiro atoms. The smallest absolute Gasteiger partial charge is 0.336 e. The lowest BCUT2D eigenvalue weighted by molar-refractivity contribution is -0.00909. The Bertz CT molecular complexity index is 356. The van der Waals surface area contributed by atoms with Crippen LogP contribution in [0.25, 0.3) is 0 Å². The molecular weight excluding hydrogens is 192 g/mol. The van der Waals surface area contributed by atoms with Gasteiger partial charge in [-0.1, -0.05) is 18.2 Å². The van der Waals surface area contributed by atoms with Crippen LogP contribution in [0.5, 0.6) is 0 Å². The number of ether oxygens (including phenoxy) is 1. The van der Waals surface area contributed by atoms with Gasteiger partial charge in [0.15, 0.2) is 0 Å². The van der Waals surface area contributed by atoms with Gasteiger partial charge in [0, 0.05) is 0 Å². The Morgan fingerprint density at radius 3 is 2.73 bits per heavy atom. The molecule has 1 aliphatic carbocycles. The number of hydrogen-bond donors (Lipinski definition) is 1. The van der Waals surface area contributed by atoms with Gasteiger partial charge in [0.25, 0.3) is 0 Å². The average molecular weight is 206 g/mol. The van der Waals surface area contributed by atoms with E-state index in [1.165, 1.54) is 6.42 Å². The number of hydrogen-bond acceptors (Lipinski definition) is 2. The highest BCUT2D eigenvalue weighted by atomic mass is 16.5.